The summed E-state index contributed by atoms with van der Waals surface area (Å²) >= 11 is 0. The molecule has 2 fully saturated rings. The van der Waals surface area contributed by atoms with E-state index < -0.39 is 0 Å². The zero-order valence-corrected chi connectivity index (χ0v) is 12.1. The van der Waals surface area contributed by atoms with E-state index in [1.54, 1.807) is 0 Å². The average molecular weight is 273 g/mol. The molecule has 4 heteroatoms. The Morgan fingerprint density at radius 3 is 2.40 bits per heavy atom. The number of nitrogens with one attached hydrogen (secondary N) is 1. The predicted molar refractivity (Wildman–Crippen MR) is 79.6 cm³/mol. The lowest BCUT2D eigenvalue weighted by atomic mass is 10.1. The molecule has 1 aliphatic carbocycles. The van der Waals surface area contributed by atoms with Crippen molar-refractivity contribution >= 4 is 6.03 Å². The molecular formula is C16H23N3O. The standard InChI is InChI=1S/C16H23N3O/c1-13-2-4-14(5-3-13)12-17-16(20)19-10-8-18(9-11-19)15-6-7-15/h2-5,15H,6-12H2,1H3,(H,17,20). The molecule has 0 aromatic heterocycles. The van der Waals surface area contributed by atoms with Crippen molar-refractivity contribution in [1.29, 1.82) is 0 Å². The molecule has 0 spiro atoms. The Kier molecular flexibility index (Phi) is 3.92. The van der Waals surface area contributed by atoms with Gasteiger partial charge < -0.3 is 10.2 Å². The number of nitrogens with zero attached hydrogens (tertiary/aromatic N) is 2. The van der Waals surface area contributed by atoms with Crippen LogP contribution in [0.5, 0.6) is 0 Å². The zero-order chi connectivity index (χ0) is 13.9. The number of aryl methyl sites for hydroxylation is 1. The first-order valence-corrected chi connectivity index (χ1v) is 7.55. The van der Waals surface area contributed by atoms with E-state index >= 15 is 0 Å². The van der Waals surface area contributed by atoms with Crippen molar-refractivity contribution in [2.45, 2.75) is 32.4 Å². The summed E-state index contributed by atoms with van der Waals surface area (Å²) in [4.78, 5) is 16.6. The minimum absolute atomic E-state index is 0.0704. The maximum atomic E-state index is 12.1. The van der Waals surface area contributed by atoms with Crippen LogP contribution in [0.2, 0.25) is 0 Å². The largest absolute Gasteiger partial charge is 0.334 e. The number of rotatable bonds is 3. The average Bonchev–Trinajstić information content (AvgIpc) is 3.31. The van der Waals surface area contributed by atoms with Gasteiger partial charge in [0.15, 0.2) is 0 Å². The Morgan fingerprint density at radius 2 is 1.80 bits per heavy atom. The van der Waals surface area contributed by atoms with Gasteiger partial charge in [0.2, 0.25) is 0 Å². The van der Waals surface area contributed by atoms with Gasteiger partial charge in [-0.25, -0.2) is 4.79 Å². The Morgan fingerprint density at radius 1 is 1.15 bits per heavy atom. The number of hydrogen-bond donors (Lipinski definition) is 1. The quantitative estimate of drug-likeness (QED) is 0.914. The monoisotopic (exact) mass is 273 g/mol. The summed E-state index contributed by atoms with van der Waals surface area (Å²) in [5.74, 6) is 0. The van der Waals surface area contributed by atoms with Gasteiger partial charge in [-0.05, 0) is 25.3 Å². The molecule has 0 bridgehead atoms. The summed E-state index contributed by atoms with van der Waals surface area (Å²) in [6.45, 7) is 6.46. The van der Waals surface area contributed by atoms with Crippen molar-refractivity contribution in [1.82, 2.24) is 15.1 Å². The summed E-state index contributed by atoms with van der Waals surface area (Å²) < 4.78 is 0. The molecule has 2 amide bonds. The summed E-state index contributed by atoms with van der Waals surface area (Å²) in [7, 11) is 0. The van der Waals surface area contributed by atoms with Gasteiger partial charge in [-0.15, -0.1) is 0 Å². The summed E-state index contributed by atoms with van der Waals surface area (Å²) in [6, 6.07) is 9.18. The van der Waals surface area contributed by atoms with Crippen molar-refractivity contribution in [3.8, 4) is 0 Å². The normalized spacial score (nSPS) is 19.9. The Bertz CT molecular complexity index is 459. The van der Waals surface area contributed by atoms with Crippen LogP contribution >= 0.6 is 0 Å². The van der Waals surface area contributed by atoms with Crippen molar-refractivity contribution < 1.29 is 4.79 Å². The molecule has 2 aliphatic rings. The van der Waals surface area contributed by atoms with Gasteiger partial charge in [0.25, 0.3) is 0 Å². The second-order valence-electron chi connectivity index (χ2n) is 5.90. The van der Waals surface area contributed by atoms with E-state index in [2.05, 4.69) is 41.4 Å². The third-order valence-corrected chi connectivity index (χ3v) is 4.23. The maximum absolute atomic E-state index is 12.1. The highest BCUT2D eigenvalue weighted by molar-refractivity contribution is 5.74. The molecule has 1 aliphatic heterocycles. The summed E-state index contributed by atoms with van der Waals surface area (Å²) in [5.41, 5.74) is 2.40. The lowest BCUT2D eigenvalue weighted by Crippen LogP contribution is -2.52. The Hall–Kier alpha value is -1.55. The smallest absolute Gasteiger partial charge is 0.317 e. The molecule has 1 saturated carbocycles. The second kappa shape index (κ2) is 5.83. The van der Waals surface area contributed by atoms with E-state index in [1.807, 2.05) is 4.90 Å². The van der Waals surface area contributed by atoms with Gasteiger partial charge >= 0.3 is 6.03 Å². The molecule has 3 rings (SSSR count). The zero-order valence-electron chi connectivity index (χ0n) is 12.1. The van der Waals surface area contributed by atoms with E-state index in [0.717, 1.165) is 37.8 Å². The van der Waals surface area contributed by atoms with Gasteiger partial charge in [-0.3, -0.25) is 4.90 Å². The van der Waals surface area contributed by atoms with Crippen LogP contribution in [0.25, 0.3) is 0 Å². The van der Waals surface area contributed by atoms with Crippen LogP contribution in [0.3, 0.4) is 0 Å². The molecule has 108 valence electrons. The van der Waals surface area contributed by atoms with Gasteiger partial charge in [0, 0.05) is 38.8 Å². The molecule has 20 heavy (non-hydrogen) atoms. The Balaban J connectivity index is 1.43. The van der Waals surface area contributed by atoms with E-state index in [-0.39, 0.29) is 6.03 Å². The molecule has 0 unspecified atom stereocenters. The van der Waals surface area contributed by atoms with Gasteiger partial charge in [0.1, 0.15) is 0 Å². The van der Waals surface area contributed by atoms with Crippen LogP contribution < -0.4 is 5.32 Å². The van der Waals surface area contributed by atoms with Gasteiger partial charge in [-0.1, -0.05) is 29.8 Å². The molecule has 4 nitrogen and oxygen atoms in total. The van der Waals surface area contributed by atoms with E-state index in [0.29, 0.717) is 6.54 Å². The molecule has 1 aromatic rings. The van der Waals surface area contributed by atoms with E-state index in [4.69, 9.17) is 0 Å². The topological polar surface area (TPSA) is 35.6 Å². The van der Waals surface area contributed by atoms with Crippen molar-refractivity contribution in [3.05, 3.63) is 35.4 Å². The van der Waals surface area contributed by atoms with Crippen molar-refractivity contribution in [2.24, 2.45) is 0 Å². The minimum atomic E-state index is 0.0704. The van der Waals surface area contributed by atoms with Crippen molar-refractivity contribution in [3.63, 3.8) is 0 Å². The number of amides is 2. The van der Waals surface area contributed by atoms with E-state index in [1.165, 1.54) is 18.4 Å². The first kappa shape index (κ1) is 13.4. The number of urea groups is 1. The number of carbonyl (C=O) groups excluding carboxylic acids is 1. The molecule has 1 heterocycles. The molecule has 1 aromatic carbocycles. The lowest BCUT2D eigenvalue weighted by Gasteiger charge is -2.34. The molecule has 0 atom stereocenters. The molecule has 1 N–H and O–H groups in total. The molecule has 0 radical (unpaired) electrons. The van der Waals surface area contributed by atoms with Crippen LogP contribution in [0, 0.1) is 6.92 Å². The summed E-state index contributed by atoms with van der Waals surface area (Å²) in [6.07, 6.45) is 2.69. The Labute approximate surface area is 120 Å². The van der Waals surface area contributed by atoms with Crippen LogP contribution in [0.15, 0.2) is 24.3 Å². The van der Waals surface area contributed by atoms with E-state index in [9.17, 15) is 4.79 Å². The SMILES string of the molecule is Cc1ccc(CNC(=O)N2CCN(C3CC3)CC2)cc1. The fourth-order valence-corrected chi connectivity index (χ4v) is 2.73. The molecule has 1 saturated heterocycles. The lowest BCUT2D eigenvalue weighted by molar-refractivity contribution is 0.134. The first-order valence-electron chi connectivity index (χ1n) is 7.55. The van der Waals surface area contributed by atoms with Crippen LogP contribution in [0.1, 0.15) is 24.0 Å². The number of carbonyl (C=O) groups is 1. The van der Waals surface area contributed by atoms with Gasteiger partial charge in [-0.2, -0.15) is 0 Å². The predicted octanol–water partition coefficient (Wildman–Crippen LogP) is 1.98. The van der Waals surface area contributed by atoms with Gasteiger partial charge in [0.05, 0.1) is 0 Å². The minimum Gasteiger partial charge on any atom is -0.334 e. The first-order chi connectivity index (χ1) is 9.72. The van der Waals surface area contributed by atoms with Crippen LogP contribution in [-0.4, -0.2) is 48.1 Å². The second-order valence-corrected chi connectivity index (χ2v) is 5.90. The maximum Gasteiger partial charge on any atom is 0.317 e. The molecular weight excluding hydrogens is 250 g/mol. The highest BCUT2D eigenvalue weighted by Crippen LogP contribution is 2.27. The highest BCUT2D eigenvalue weighted by Gasteiger charge is 2.32. The fourth-order valence-electron chi connectivity index (χ4n) is 2.73. The van der Waals surface area contributed by atoms with Crippen molar-refractivity contribution in [2.75, 3.05) is 26.2 Å². The summed E-state index contributed by atoms with van der Waals surface area (Å²) in [5, 5.41) is 3.02. The number of piperazine rings is 1. The fraction of sp³-hybridized carbons (Fsp3) is 0.562. The third kappa shape index (κ3) is 3.31. The van der Waals surface area contributed by atoms with Crippen LogP contribution in [-0.2, 0) is 6.54 Å². The van der Waals surface area contributed by atoms with Crippen LogP contribution in [0.4, 0.5) is 4.79 Å². The third-order valence-electron chi connectivity index (χ3n) is 4.23. The highest BCUT2D eigenvalue weighted by atomic mass is 16.2. The number of hydrogen-bond acceptors (Lipinski definition) is 2. The number of benzene rings is 1.